The second-order valence-corrected chi connectivity index (χ2v) is 7.44. The van der Waals surface area contributed by atoms with Crippen LogP contribution in [0.5, 0.6) is 0 Å². The van der Waals surface area contributed by atoms with Gasteiger partial charge in [-0.05, 0) is 62.1 Å². The van der Waals surface area contributed by atoms with E-state index in [1.807, 2.05) is 39.7 Å². The SMILES string of the molecule is C=O.CC1=CC(C)(c2cc(Nc3ccc(C#N)cn3)ccc2F)N=C(C)S1.[HH]. The van der Waals surface area contributed by atoms with Gasteiger partial charge in [-0.15, -0.1) is 0 Å². The normalized spacial score (nSPS) is 18.3. The molecule has 1 N–H and O–H groups in total. The van der Waals surface area contributed by atoms with Gasteiger partial charge >= 0.3 is 0 Å². The van der Waals surface area contributed by atoms with Crippen LogP contribution in [0.25, 0.3) is 0 Å². The molecule has 1 aliphatic rings. The number of halogens is 1. The molecule has 0 spiro atoms. The molecule has 5 nitrogen and oxygen atoms in total. The summed E-state index contributed by atoms with van der Waals surface area (Å²) in [7, 11) is 0. The van der Waals surface area contributed by atoms with E-state index in [1.54, 1.807) is 36.0 Å². The number of hydrogen-bond acceptors (Lipinski definition) is 6. The number of rotatable bonds is 3. The summed E-state index contributed by atoms with van der Waals surface area (Å²) in [5.74, 6) is 0.292. The van der Waals surface area contributed by atoms with Gasteiger partial charge in [-0.1, -0.05) is 11.8 Å². The number of aromatic nitrogens is 1. The molecule has 0 saturated carbocycles. The molecule has 140 valence electrons. The molecule has 1 aromatic carbocycles. The smallest absolute Gasteiger partial charge is 0.130 e. The highest BCUT2D eigenvalue weighted by Gasteiger charge is 2.30. The molecule has 2 aromatic rings. The number of thioether (sulfide) groups is 1. The third-order valence-corrected chi connectivity index (χ3v) is 4.69. The fourth-order valence-electron chi connectivity index (χ4n) is 2.85. The quantitative estimate of drug-likeness (QED) is 0.789. The molecule has 1 atom stereocenters. The Hall–Kier alpha value is -2.98. The summed E-state index contributed by atoms with van der Waals surface area (Å²) in [6.07, 6.45) is 3.47. The molecule has 3 rings (SSSR count). The van der Waals surface area contributed by atoms with E-state index in [0.717, 1.165) is 9.95 Å². The molecule has 0 aliphatic carbocycles. The molecule has 1 aromatic heterocycles. The molecule has 2 heterocycles. The molecular weight excluding hydrogens is 363 g/mol. The Morgan fingerprint density at radius 3 is 2.63 bits per heavy atom. The Kier molecular flexibility index (Phi) is 6.48. The van der Waals surface area contributed by atoms with Crippen molar-refractivity contribution in [2.45, 2.75) is 26.3 Å². The van der Waals surface area contributed by atoms with Gasteiger partial charge in [0.2, 0.25) is 0 Å². The van der Waals surface area contributed by atoms with Crippen molar-refractivity contribution in [1.29, 1.82) is 5.26 Å². The summed E-state index contributed by atoms with van der Waals surface area (Å²) in [6.45, 7) is 7.84. The number of allylic oxidation sites excluding steroid dienone is 1. The molecular formula is C20H21FN4OS. The van der Waals surface area contributed by atoms with Gasteiger partial charge < -0.3 is 10.1 Å². The molecule has 0 bridgehead atoms. The molecule has 1 aliphatic heterocycles. The fraction of sp³-hybridized carbons (Fsp3) is 0.200. The van der Waals surface area contributed by atoms with E-state index in [-0.39, 0.29) is 7.24 Å². The number of carbonyl (C=O) groups is 1. The van der Waals surface area contributed by atoms with E-state index < -0.39 is 5.54 Å². The summed E-state index contributed by atoms with van der Waals surface area (Å²) in [5.41, 5.74) is 0.972. The van der Waals surface area contributed by atoms with Crippen LogP contribution in [0.1, 0.15) is 33.3 Å². The first-order valence-corrected chi connectivity index (χ1v) is 8.87. The van der Waals surface area contributed by atoms with Gasteiger partial charge in [-0.2, -0.15) is 5.26 Å². The monoisotopic (exact) mass is 384 g/mol. The van der Waals surface area contributed by atoms with E-state index in [4.69, 9.17) is 10.1 Å². The van der Waals surface area contributed by atoms with E-state index in [1.165, 1.54) is 12.3 Å². The molecule has 1 unspecified atom stereocenters. The Balaban J connectivity index is 0.00000127. The minimum Gasteiger partial charge on any atom is -0.340 e. The van der Waals surface area contributed by atoms with Crippen LogP contribution < -0.4 is 5.32 Å². The third-order valence-electron chi connectivity index (χ3n) is 3.86. The van der Waals surface area contributed by atoms with Crippen molar-refractivity contribution in [3.05, 3.63) is 64.5 Å². The summed E-state index contributed by atoms with van der Waals surface area (Å²) >= 11 is 1.59. The lowest BCUT2D eigenvalue weighted by Gasteiger charge is -2.28. The van der Waals surface area contributed by atoms with Crippen LogP contribution in [-0.2, 0) is 10.3 Å². The van der Waals surface area contributed by atoms with Crippen molar-refractivity contribution < 1.29 is 10.6 Å². The predicted molar refractivity (Wildman–Crippen MR) is 110 cm³/mol. The van der Waals surface area contributed by atoms with Gasteiger partial charge in [0.05, 0.1) is 10.6 Å². The van der Waals surface area contributed by atoms with Crippen LogP contribution >= 0.6 is 11.8 Å². The number of carbonyl (C=O) groups excluding carboxylic acids is 1. The first-order valence-electron chi connectivity index (χ1n) is 8.05. The molecule has 27 heavy (non-hydrogen) atoms. The zero-order chi connectivity index (χ0) is 20.0. The molecule has 0 amide bonds. The van der Waals surface area contributed by atoms with Gasteiger partial charge in [0, 0.05) is 18.9 Å². The Morgan fingerprint density at radius 1 is 1.30 bits per heavy atom. The molecule has 0 fully saturated rings. The lowest BCUT2D eigenvalue weighted by atomic mass is 9.91. The average Bonchev–Trinajstić information content (AvgIpc) is 2.64. The van der Waals surface area contributed by atoms with Crippen molar-refractivity contribution in [2.24, 2.45) is 4.99 Å². The molecule has 0 radical (unpaired) electrons. The van der Waals surface area contributed by atoms with Crippen molar-refractivity contribution in [3.63, 3.8) is 0 Å². The molecule has 7 heteroatoms. The summed E-state index contributed by atoms with van der Waals surface area (Å²) in [4.78, 5) is 17.9. The van der Waals surface area contributed by atoms with Gasteiger partial charge in [0.15, 0.2) is 0 Å². The minimum atomic E-state index is -0.737. The van der Waals surface area contributed by atoms with E-state index in [9.17, 15) is 4.39 Å². The van der Waals surface area contributed by atoms with Crippen LogP contribution in [0, 0.1) is 17.1 Å². The maximum Gasteiger partial charge on any atom is 0.130 e. The highest BCUT2D eigenvalue weighted by Crippen LogP contribution is 2.39. The second-order valence-electron chi connectivity index (χ2n) is 6.00. The van der Waals surface area contributed by atoms with Gasteiger partial charge in [-0.3, -0.25) is 4.99 Å². The zero-order valence-corrected chi connectivity index (χ0v) is 16.1. The van der Waals surface area contributed by atoms with Crippen molar-refractivity contribution >= 4 is 35.1 Å². The van der Waals surface area contributed by atoms with Crippen LogP contribution in [-0.4, -0.2) is 16.8 Å². The van der Waals surface area contributed by atoms with E-state index >= 15 is 0 Å². The molecule has 0 saturated heterocycles. The first-order chi connectivity index (χ1) is 12.9. The number of benzene rings is 1. The van der Waals surface area contributed by atoms with Crippen molar-refractivity contribution in [2.75, 3.05) is 5.32 Å². The number of nitriles is 1. The van der Waals surface area contributed by atoms with Gasteiger partial charge in [-0.25, -0.2) is 9.37 Å². The van der Waals surface area contributed by atoms with Crippen molar-refractivity contribution in [1.82, 2.24) is 4.98 Å². The largest absolute Gasteiger partial charge is 0.340 e. The van der Waals surface area contributed by atoms with Gasteiger partial charge in [0.1, 0.15) is 30.0 Å². The predicted octanol–water partition coefficient (Wildman–Crippen LogP) is 5.18. The Morgan fingerprint density at radius 2 is 2.04 bits per heavy atom. The standard InChI is InChI=1S/C19H17FN4S.CH2O.H2/c1-12-9-19(3,24-13(2)25-12)16-8-15(5-6-17(16)20)23-18-7-4-14(10-21)11-22-18;1-2;/h4-9,11H,1-3H3,(H,22,23);1H2;1H. The highest BCUT2D eigenvalue weighted by atomic mass is 32.2. The number of nitrogens with one attached hydrogen (secondary N) is 1. The highest BCUT2D eigenvalue weighted by molar-refractivity contribution is 8.17. The minimum absolute atomic E-state index is 0. The van der Waals surface area contributed by atoms with E-state index in [0.29, 0.717) is 22.6 Å². The number of hydrogen-bond donors (Lipinski definition) is 1. The van der Waals surface area contributed by atoms with Crippen LogP contribution in [0.2, 0.25) is 0 Å². The maximum absolute atomic E-state index is 14.5. The Labute approximate surface area is 163 Å². The third kappa shape index (κ3) is 4.80. The Bertz CT molecular complexity index is 920. The van der Waals surface area contributed by atoms with E-state index in [2.05, 4.69) is 15.3 Å². The maximum atomic E-state index is 14.5. The van der Waals surface area contributed by atoms with Crippen LogP contribution in [0.3, 0.4) is 0 Å². The van der Waals surface area contributed by atoms with Crippen LogP contribution in [0.4, 0.5) is 15.9 Å². The lowest BCUT2D eigenvalue weighted by Crippen LogP contribution is -2.22. The van der Waals surface area contributed by atoms with Crippen molar-refractivity contribution in [3.8, 4) is 6.07 Å². The second kappa shape index (κ2) is 8.60. The lowest BCUT2D eigenvalue weighted by molar-refractivity contribution is -0.0979. The summed E-state index contributed by atoms with van der Waals surface area (Å²) in [5, 5.41) is 12.9. The fourth-order valence-corrected chi connectivity index (χ4v) is 3.84. The summed E-state index contributed by atoms with van der Waals surface area (Å²) < 4.78 is 14.5. The first kappa shape index (κ1) is 20.3. The van der Waals surface area contributed by atoms with Crippen LogP contribution in [0.15, 0.2) is 52.5 Å². The number of aliphatic imine (C=N–C) groups is 1. The number of pyridine rings is 1. The topological polar surface area (TPSA) is 78.1 Å². The summed E-state index contributed by atoms with van der Waals surface area (Å²) in [6, 6.07) is 10.3. The number of nitrogens with zero attached hydrogens (tertiary/aromatic N) is 3. The average molecular weight is 384 g/mol. The van der Waals surface area contributed by atoms with Gasteiger partial charge in [0.25, 0.3) is 0 Å². The zero-order valence-electron chi connectivity index (χ0n) is 15.3. The number of anilines is 2.